The Hall–Kier alpha value is -1.59. The van der Waals surface area contributed by atoms with Crippen molar-refractivity contribution in [3.8, 4) is 0 Å². The van der Waals surface area contributed by atoms with Crippen LogP contribution < -0.4 is 11.0 Å². The number of hydrogen-bond donors (Lipinski definition) is 0. The normalized spacial score (nSPS) is 22.7. The molecule has 0 radical (unpaired) electrons. The fourth-order valence-corrected chi connectivity index (χ4v) is 3.05. The van der Waals surface area contributed by atoms with Gasteiger partial charge in [0, 0.05) is 17.6 Å². The SMILES string of the molecule is CC1(C)OB(c2ccc3c(=O)n(C4CC4)ccc3c2)OC1(C)C. The van der Waals surface area contributed by atoms with Gasteiger partial charge in [0.25, 0.3) is 5.56 Å². The molecule has 0 atom stereocenters. The standard InChI is InChI=1S/C18H22BNO3/c1-17(2)18(3,4)23-19(22-17)13-5-8-15-12(11-13)9-10-20(16(15)21)14-6-7-14/h5,8-11,14H,6-7H2,1-4H3. The summed E-state index contributed by atoms with van der Waals surface area (Å²) in [5.74, 6) is 0. The van der Waals surface area contributed by atoms with Gasteiger partial charge in [0.15, 0.2) is 0 Å². The molecule has 120 valence electrons. The molecule has 2 aliphatic rings. The zero-order valence-electron chi connectivity index (χ0n) is 14.1. The van der Waals surface area contributed by atoms with Gasteiger partial charge < -0.3 is 13.9 Å². The molecule has 1 aromatic heterocycles. The highest BCUT2D eigenvalue weighted by molar-refractivity contribution is 6.62. The quantitative estimate of drug-likeness (QED) is 0.801. The van der Waals surface area contributed by atoms with E-state index >= 15 is 0 Å². The molecule has 5 heteroatoms. The molecular weight excluding hydrogens is 289 g/mol. The van der Waals surface area contributed by atoms with Crippen LogP contribution in [0.25, 0.3) is 10.8 Å². The Morgan fingerprint density at radius 2 is 1.74 bits per heavy atom. The van der Waals surface area contributed by atoms with E-state index in [0.29, 0.717) is 6.04 Å². The van der Waals surface area contributed by atoms with Crippen molar-refractivity contribution in [1.82, 2.24) is 4.57 Å². The number of aromatic nitrogens is 1. The Labute approximate surface area is 136 Å². The van der Waals surface area contributed by atoms with E-state index in [1.165, 1.54) is 0 Å². The maximum atomic E-state index is 12.5. The van der Waals surface area contributed by atoms with Gasteiger partial charge in [-0.2, -0.15) is 0 Å². The van der Waals surface area contributed by atoms with Crippen molar-refractivity contribution in [2.75, 3.05) is 0 Å². The number of fused-ring (bicyclic) bond motifs is 1. The monoisotopic (exact) mass is 311 g/mol. The second kappa shape index (κ2) is 4.71. The number of hydrogen-bond acceptors (Lipinski definition) is 3. The van der Waals surface area contributed by atoms with Crippen LogP contribution >= 0.6 is 0 Å². The second-order valence-electron chi connectivity index (χ2n) is 7.69. The van der Waals surface area contributed by atoms with E-state index in [4.69, 9.17) is 9.31 Å². The summed E-state index contributed by atoms with van der Waals surface area (Å²) in [5.41, 5.74) is 0.342. The Morgan fingerprint density at radius 1 is 1.09 bits per heavy atom. The Bertz CT molecular complexity index is 820. The van der Waals surface area contributed by atoms with Gasteiger partial charge >= 0.3 is 7.12 Å². The smallest absolute Gasteiger partial charge is 0.399 e. The molecule has 2 fully saturated rings. The van der Waals surface area contributed by atoms with Crippen LogP contribution in [0.2, 0.25) is 0 Å². The van der Waals surface area contributed by atoms with E-state index in [0.717, 1.165) is 29.1 Å². The van der Waals surface area contributed by atoms with Gasteiger partial charge in [0.2, 0.25) is 0 Å². The van der Waals surface area contributed by atoms with Crippen LogP contribution in [0.15, 0.2) is 35.3 Å². The molecule has 1 aliphatic carbocycles. The molecule has 0 spiro atoms. The highest BCUT2D eigenvalue weighted by Crippen LogP contribution is 2.37. The first-order valence-electron chi connectivity index (χ1n) is 8.29. The van der Waals surface area contributed by atoms with Gasteiger partial charge in [-0.25, -0.2) is 0 Å². The Balaban J connectivity index is 1.73. The molecule has 1 saturated carbocycles. The summed E-state index contributed by atoms with van der Waals surface area (Å²) in [6.45, 7) is 8.18. The topological polar surface area (TPSA) is 40.5 Å². The van der Waals surface area contributed by atoms with Crippen molar-refractivity contribution in [3.63, 3.8) is 0 Å². The van der Waals surface area contributed by atoms with E-state index in [9.17, 15) is 4.79 Å². The second-order valence-corrected chi connectivity index (χ2v) is 7.69. The predicted molar refractivity (Wildman–Crippen MR) is 92.2 cm³/mol. The molecule has 1 saturated heterocycles. The van der Waals surface area contributed by atoms with Crippen LogP contribution in [0.5, 0.6) is 0 Å². The van der Waals surface area contributed by atoms with Crippen LogP contribution in [0.1, 0.15) is 46.6 Å². The van der Waals surface area contributed by atoms with Gasteiger partial charge in [-0.15, -0.1) is 0 Å². The first kappa shape index (κ1) is 15.0. The first-order valence-corrected chi connectivity index (χ1v) is 8.29. The van der Waals surface area contributed by atoms with Crippen molar-refractivity contribution in [3.05, 3.63) is 40.8 Å². The third-order valence-corrected chi connectivity index (χ3v) is 5.42. The summed E-state index contributed by atoms with van der Waals surface area (Å²) < 4.78 is 14.0. The van der Waals surface area contributed by atoms with E-state index < -0.39 is 7.12 Å². The minimum Gasteiger partial charge on any atom is -0.399 e. The fourth-order valence-electron chi connectivity index (χ4n) is 3.05. The van der Waals surface area contributed by atoms with Crippen molar-refractivity contribution < 1.29 is 9.31 Å². The van der Waals surface area contributed by atoms with E-state index in [1.54, 1.807) is 0 Å². The molecule has 4 rings (SSSR count). The minimum absolute atomic E-state index is 0.102. The van der Waals surface area contributed by atoms with Gasteiger partial charge in [-0.1, -0.05) is 12.1 Å². The summed E-state index contributed by atoms with van der Waals surface area (Å²) in [7, 11) is -0.393. The highest BCUT2D eigenvalue weighted by atomic mass is 16.7. The van der Waals surface area contributed by atoms with Crippen LogP contribution in [0.3, 0.4) is 0 Å². The van der Waals surface area contributed by atoms with E-state index in [2.05, 4.69) is 0 Å². The summed E-state index contributed by atoms with van der Waals surface area (Å²) in [4.78, 5) is 12.5. The Kier molecular flexibility index (Phi) is 3.07. The maximum Gasteiger partial charge on any atom is 0.494 e. The summed E-state index contributed by atoms with van der Waals surface area (Å²) in [6.07, 6.45) is 4.13. The number of rotatable bonds is 2. The van der Waals surface area contributed by atoms with E-state index in [-0.39, 0.29) is 16.8 Å². The predicted octanol–water partition coefficient (Wildman–Crippen LogP) is 2.64. The largest absolute Gasteiger partial charge is 0.494 e. The van der Waals surface area contributed by atoms with Crippen LogP contribution in [0, 0.1) is 0 Å². The molecule has 1 aromatic carbocycles. The molecule has 2 heterocycles. The molecular formula is C18H22BNO3. The van der Waals surface area contributed by atoms with E-state index in [1.807, 2.05) is 62.7 Å². The van der Waals surface area contributed by atoms with Crippen LogP contribution in [-0.2, 0) is 9.31 Å². The summed E-state index contributed by atoms with van der Waals surface area (Å²) in [5, 5.41) is 1.71. The van der Waals surface area contributed by atoms with Gasteiger partial charge in [0.1, 0.15) is 0 Å². The van der Waals surface area contributed by atoms with Crippen molar-refractivity contribution >= 4 is 23.4 Å². The molecule has 0 bridgehead atoms. The third kappa shape index (κ3) is 2.34. The average Bonchev–Trinajstić information content (AvgIpc) is 3.27. The molecule has 2 aromatic rings. The number of nitrogens with zero attached hydrogens (tertiary/aromatic N) is 1. The van der Waals surface area contributed by atoms with Crippen LogP contribution in [-0.4, -0.2) is 22.9 Å². The molecule has 4 nitrogen and oxygen atoms in total. The molecule has 0 N–H and O–H groups in total. The summed E-state index contributed by atoms with van der Waals surface area (Å²) in [6, 6.07) is 8.27. The molecule has 0 amide bonds. The van der Waals surface area contributed by atoms with Crippen LogP contribution in [0.4, 0.5) is 0 Å². The molecule has 23 heavy (non-hydrogen) atoms. The maximum absolute atomic E-state index is 12.5. The van der Waals surface area contributed by atoms with Gasteiger partial charge in [-0.3, -0.25) is 4.79 Å². The van der Waals surface area contributed by atoms with Crippen molar-refractivity contribution in [2.24, 2.45) is 0 Å². The zero-order chi connectivity index (χ0) is 16.4. The third-order valence-electron chi connectivity index (χ3n) is 5.42. The zero-order valence-corrected chi connectivity index (χ0v) is 14.1. The minimum atomic E-state index is -0.393. The number of benzene rings is 1. The van der Waals surface area contributed by atoms with Gasteiger partial charge in [0.05, 0.1) is 11.2 Å². The lowest BCUT2D eigenvalue weighted by atomic mass is 9.78. The lowest BCUT2D eigenvalue weighted by Gasteiger charge is -2.32. The first-order chi connectivity index (χ1) is 10.8. The van der Waals surface area contributed by atoms with Crippen molar-refractivity contribution in [1.29, 1.82) is 0 Å². The molecule has 1 aliphatic heterocycles. The average molecular weight is 311 g/mol. The van der Waals surface area contributed by atoms with Gasteiger partial charge in [-0.05, 0) is 63.5 Å². The summed E-state index contributed by atoms with van der Waals surface area (Å²) >= 11 is 0. The molecule has 0 unspecified atom stereocenters. The number of pyridine rings is 1. The lowest BCUT2D eigenvalue weighted by molar-refractivity contribution is 0.00578. The van der Waals surface area contributed by atoms with Crippen molar-refractivity contribution in [2.45, 2.75) is 57.8 Å². The Morgan fingerprint density at radius 3 is 2.35 bits per heavy atom. The highest BCUT2D eigenvalue weighted by Gasteiger charge is 2.51. The lowest BCUT2D eigenvalue weighted by Crippen LogP contribution is -2.41. The fraction of sp³-hybridized carbons (Fsp3) is 0.500.